The Balaban J connectivity index is 2.02. The molecule has 5 heteroatoms. The van der Waals surface area contributed by atoms with Crippen molar-refractivity contribution in [1.82, 2.24) is 4.90 Å². The molecule has 4 nitrogen and oxygen atoms in total. The van der Waals surface area contributed by atoms with Crippen LogP contribution in [-0.4, -0.2) is 36.0 Å². The number of amides is 1. The van der Waals surface area contributed by atoms with Gasteiger partial charge in [-0.25, -0.2) is 9.18 Å². The van der Waals surface area contributed by atoms with Crippen LogP contribution in [0.3, 0.4) is 0 Å². The maximum atomic E-state index is 13.1. The lowest BCUT2D eigenvalue weighted by Gasteiger charge is -2.23. The van der Waals surface area contributed by atoms with Gasteiger partial charge >= 0.3 is 5.97 Å². The zero-order valence-electron chi connectivity index (χ0n) is 11.5. The van der Waals surface area contributed by atoms with E-state index in [9.17, 15) is 14.0 Å². The third-order valence-corrected chi connectivity index (χ3v) is 3.38. The van der Waals surface area contributed by atoms with E-state index in [0.717, 1.165) is 6.42 Å². The maximum absolute atomic E-state index is 13.1. The fraction of sp³-hybridized carbons (Fsp3) is 0.467. The van der Waals surface area contributed by atoms with Gasteiger partial charge in [0.2, 0.25) is 5.91 Å². The molecule has 0 spiro atoms. The van der Waals surface area contributed by atoms with Gasteiger partial charge in [-0.1, -0.05) is 12.1 Å². The summed E-state index contributed by atoms with van der Waals surface area (Å²) < 4.78 is 18.1. The summed E-state index contributed by atoms with van der Waals surface area (Å²) in [6, 6.07) is 5.47. The molecule has 2 rings (SSSR count). The van der Waals surface area contributed by atoms with Crippen LogP contribution in [0.1, 0.15) is 25.3 Å². The normalized spacial score (nSPS) is 18.1. The lowest BCUT2D eigenvalue weighted by Crippen LogP contribution is -2.42. The lowest BCUT2D eigenvalue weighted by atomic mass is 10.1. The summed E-state index contributed by atoms with van der Waals surface area (Å²) in [5, 5.41) is 0. The number of nitrogens with zero attached hydrogens (tertiary/aromatic N) is 1. The highest BCUT2D eigenvalue weighted by Gasteiger charge is 2.34. The largest absolute Gasteiger partial charge is 0.464 e. The first kappa shape index (κ1) is 14.5. The molecule has 1 fully saturated rings. The van der Waals surface area contributed by atoms with Gasteiger partial charge in [0.1, 0.15) is 11.9 Å². The van der Waals surface area contributed by atoms with E-state index in [1.165, 1.54) is 12.1 Å². The van der Waals surface area contributed by atoms with Crippen molar-refractivity contribution >= 4 is 11.9 Å². The molecule has 1 aromatic rings. The number of rotatable bonds is 4. The Kier molecular flexibility index (Phi) is 4.71. The molecule has 108 valence electrons. The standard InChI is InChI=1S/C15H18FNO3/c1-2-20-15(19)13-7-4-8-17(13)14(18)10-11-5-3-6-12(16)9-11/h3,5-6,9,13H,2,4,7-8,10H2,1H3. The van der Waals surface area contributed by atoms with Crippen LogP contribution < -0.4 is 0 Å². The highest BCUT2D eigenvalue weighted by atomic mass is 19.1. The van der Waals surface area contributed by atoms with E-state index in [4.69, 9.17) is 4.74 Å². The van der Waals surface area contributed by atoms with Gasteiger partial charge in [0.25, 0.3) is 0 Å². The number of carbonyl (C=O) groups is 2. The summed E-state index contributed by atoms with van der Waals surface area (Å²) in [4.78, 5) is 25.6. The summed E-state index contributed by atoms with van der Waals surface area (Å²) in [7, 11) is 0. The second kappa shape index (κ2) is 6.50. The Labute approximate surface area is 117 Å². The average molecular weight is 279 g/mol. The molecule has 1 aliphatic rings. The van der Waals surface area contributed by atoms with Crippen molar-refractivity contribution in [3.8, 4) is 0 Å². The van der Waals surface area contributed by atoms with Gasteiger partial charge in [0.15, 0.2) is 0 Å². The summed E-state index contributed by atoms with van der Waals surface area (Å²) in [6.45, 7) is 2.60. The van der Waals surface area contributed by atoms with Crippen LogP contribution in [0, 0.1) is 5.82 Å². The molecule has 0 N–H and O–H groups in total. The van der Waals surface area contributed by atoms with E-state index in [-0.39, 0.29) is 24.1 Å². The van der Waals surface area contributed by atoms with Crippen molar-refractivity contribution in [1.29, 1.82) is 0 Å². The highest BCUT2D eigenvalue weighted by Crippen LogP contribution is 2.20. The smallest absolute Gasteiger partial charge is 0.328 e. The van der Waals surface area contributed by atoms with Gasteiger partial charge in [-0.3, -0.25) is 4.79 Å². The Bertz CT molecular complexity index is 504. The Morgan fingerprint density at radius 1 is 1.45 bits per heavy atom. The Hall–Kier alpha value is -1.91. The average Bonchev–Trinajstić information content (AvgIpc) is 2.88. The molecule has 0 saturated carbocycles. The molecule has 1 amide bonds. The van der Waals surface area contributed by atoms with E-state index in [1.807, 2.05) is 0 Å². The molecule has 0 aliphatic carbocycles. The van der Waals surface area contributed by atoms with Crippen molar-refractivity contribution in [2.75, 3.05) is 13.2 Å². The molecule has 1 aliphatic heterocycles. The number of hydrogen-bond acceptors (Lipinski definition) is 3. The molecular formula is C15H18FNO3. The summed E-state index contributed by atoms with van der Waals surface area (Å²) in [6.07, 6.45) is 1.53. The number of likely N-dealkylation sites (tertiary alicyclic amines) is 1. The molecule has 0 radical (unpaired) electrons. The van der Waals surface area contributed by atoms with Crippen LogP contribution in [0.15, 0.2) is 24.3 Å². The zero-order chi connectivity index (χ0) is 14.5. The van der Waals surface area contributed by atoms with Crippen molar-refractivity contribution in [2.24, 2.45) is 0 Å². The van der Waals surface area contributed by atoms with E-state index in [1.54, 1.807) is 24.0 Å². The second-order valence-corrected chi connectivity index (χ2v) is 4.80. The van der Waals surface area contributed by atoms with Crippen molar-refractivity contribution in [3.05, 3.63) is 35.6 Å². The number of ether oxygens (including phenoxy) is 1. The molecule has 1 unspecified atom stereocenters. The minimum Gasteiger partial charge on any atom is -0.464 e. The Morgan fingerprint density at radius 2 is 2.25 bits per heavy atom. The molecular weight excluding hydrogens is 261 g/mol. The number of benzene rings is 1. The van der Waals surface area contributed by atoms with E-state index in [0.29, 0.717) is 25.1 Å². The monoisotopic (exact) mass is 279 g/mol. The first-order valence-corrected chi connectivity index (χ1v) is 6.82. The molecule has 1 atom stereocenters. The van der Waals surface area contributed by atoms with Gasteiger partial charge in [-0.05, 0) is 37.5 Å². The summed E-state index contributed by atoms with van der Waals surface area (Å²) in [5.74, 6) is -0.873. The van der Waals surface area contributed by atoms with Gasteiger partial charge in [-0.15, -0.1) is 0 Å². The molecule has 0 aromatic heterocycles. The quantitative estimate of drug-likeness (QED) is 0.791. The molecule has 1 saturated heterocycles. The highest BCUT2D eigenvalue weighted by molar-refractivity contribution is 5.86. The number of hydrogen-bond donors (Lipinski definition) is 0. The number of halogens is 1. The molecule has 20 heavy (non-hydrogen) atoms. The first-order valence-electron chi connectivity index (χ1n) is 6.82. The van der Waals surface area contributed by atoms with Crippen molar-refractivity contribution in [3.63, 3.8) is 0 Å². The van der Waals surface area contributed by atoms with Crippen molar-refractivity contribution < 1.29 is 18.7 Å². The molecule has 1 heterocycles. The van der Waals surface area contributed by atoms with E-state index in [2.05, 4.69) is 0 Å². The van der Waals surface area contributed by atoms with Crippen LogP contribution in [0.25, 0.3) is 0 Å². The minimum absolute atomic E-state index is 0.105. The number of esters is 1. The van der Waals surface area contributed by atoms with Gasteiger partial charge in [0, 0.05) is 6.54 Å². The first-order chi connectivity index (χ1) is 9.61. The Morgan fingerprint density at radius 3 is 2.95 bits per heavy atom. The zero-order valence-corrected chi connectivity index (χ0v) is 11.5. The van der Waals surface area contributed by atoms with Crippen LogP contribution in [0.5, 0.6) is 0 Å². The third kappa shape index (κ3) is 3.35. The van der Waals surface area contributed by atoms with Crippen LogP contribution >= 0.6 is 0 Å². The maximum Gasteiger partial charge on any atom is 0.328 e. The third-order valence-electron chi connectivity index (χ3n) is 3.38. The van der Waals surface area contributed by atoms with Crippen LogP contribution in [-0.2, 0) is 20.7 Å². The molecule has 0 bridgehead atoms. The number of carbonyl (C=O) groups excluding carboxylic acids is 2. The molecule has 1 aromatic carbocycles. The van der Waals surface area contributed by atoms with Crippen LogP contribution in [0.4, 0.5) is 4.39 Å². The predicted octanol–water partition coefficient (Wildman–Crippen LogP) is 1.92. The van der Waals surface area contributed by atoms with Crippen molar-refractivity contribution in [2.45, 2.75) is 32.2 Å². The van der Waals surface area contributed by atoms with Gasteiger partial charge in [-0.2, -0.15) is 0 Å². The fourth-order valence-corrected chi connectivity index (χ4v) is 2.47. The second-order valence-electron chi connectivity index (χ2n) is 4.80. The lowest BCUT2D eigenvalue weighted by molar-refractivity contribution is -0.152. The van der Waals surface area contributed by atoms with E-state index < -0.39 is 6.04 Å². The van der Waals surface area contributed by atoms with Crippen LogP contribution in [0.2, 0.25) is 0 Å². The summed E-state index contributed by atoms with van der Waals surface area (Å²) >= 11 is 0. The SMILES string of the molecule is CCOC(=O)C1CCCN1C(=O)Cc1cccc(F)c1. The van der Waals surface area contributed by atoms with Gasteiger partial charge < -0.3 is 9.64 Å². The van der Waals surface area contributed by atoms with Gasteiger partial charge in [0.05, 0.1) is 13.0 Å². The predicted molar refractivity (Wildman–Crippen MR) is 71.5 cm³/mol. The fourth-order valence-electron chi connectivity index (χ4n) is 2.47. The topological polar surface area (TPSA) is 46.6 Å². The minimum atomic E-state index is -0.490. The van der Waals surface area contributed by atoms with E-state index >= 15 is 0 Å². The summed E-state index contributed by atoms with van der Waals surface area (Å²) in [5.41, 5.74) is 0.615.